The Morgan fingerprint density at radius 1 is 1.07 bits per heavy atom. The van der Waals surface area contributed by atoms with E-state index in [4.69, 9.17) is 0 Å². The first-order valence-corrected chi connectivity index (χ1v) is 4.86. The molecule has 0 aliphatic heterocycles. The normalized spacial score (nSPS) is 10.0. The molecule has 0 atom stereocenters. The topological polar surface area (TPSA) is 41.9 Å². The fourth-order valence-electron chi connectivity index (χ4n) is 1.45. The highest BCUT2D eigenvalue weighted by Crippen LogP contribution is 2.18. The van der Waals surface area contributed by atoms with Gasteiger partial charge in [0.2, 0.25) is 0 Å². The first-order valence-electron chi connectivity index (χ1n) is 4.86. The summed E-state index contributed by atoms with van der Waals surface area (Å²) in [5.41, 5.74) is 1.04. The molecule has 0 radical (unpaired) electrons. The number of aromatic nitrogens is 2. The van der Waals surface area contributed by atoms with Crippen molar-refractivity contribution in [3.05, 3.63) is 36.4 Å². The maximum atomic E-state index is 4.41. The predicted octanol–water partition coefficient (Wildman–Crippen LogP) is 1.96. The van der Waals surface area contributed by atoms with Crippen LogP contribution < -0.4 is 10.6 Å². The number of nitrogens with zero attached hydrogens (tertiary/aromatic N) is 2. The molecule has 1 heterocycles. The number of para-hydroxylation sites is 1. The molecule has 0 saturated heterocycles. The Morgan fingerprint density at radius 2 is 1.80 bits per heavy atom. The molecule has 4 nitrogen and oxygen atoms in total. The molecule has 2 rings (SSSR count). The third kappa shape index (κ3) is 1.79. The largest absolute Gasteiger partial charge is 0.373 e. The average molecular weight is 202 g/mol. The minimum atomic E-state index is 0.850. The van der Waals surface area contributed by atoms with Crippen LogP contribution in [-0.2, 0) is 0 Å². The first-order chi connectivity index (χ1) is 7.35. The zero-order chi connectivity index (χ0) is 10.7. The molecule has 0 aliphatic rings. The van der Waals surface area contributed by atoms with Crippen LogP contribution in [0.2, 0.25) is 0 Å². The van der Waals surface area contributed by atoms with Crippen LogP contribution in [0.4, 0.5) is 11.6 Å². The molecule has 0 unspecified atom stereocenters. The lowest BCUT2D eigenvalue weighted by Gasteiger charge is -2.05. The van der Waals surface area contributed by atoms with E-state index >= 15 is 0 Å². The molecule has 0 spiro atoms. The lowest BCUT2D eigenvalue weighted by Crippen LogP contribution is -2.02. The van der Waals surface area contributed by atoms with Gasteiger partial charge in [0.15, 0.2) is 0 Å². The van der Waals surface area contributed by atoms with E-state index in [0.717, 1.165) is 17.3 Å². The Hall–Kier alpha value is -1.97. The monoisotopic (exact) mass is 202 g/mol. The van der Waals surface area contributed by atoms with Gasteiger partial charge in [-0.2, -0.15) is 0 Å². The summed E-state index contributed by atoms with van der Waals surface area (Å²) in [4.78, 5) is 0. The first kappa shape index (κ1) is 9.58. The van der Waals surface area contributed by atoms with E-state index in [1.54, 1.807) is 0 Å². The number of hydrogen-bond acceptors (Lipinski definition) is 3. The number of benzene rings is 1. The molecule has 0 saturated carbocycles. The van der Waals surface area contributed by atoms with Gasteiger partial charge < -0.3 is 10.6 Å². The van der Waals surface area contributed by atoms with Crippen LogP contribution in [-0.4, -0.2) is 23.9 Å². The van der Waals surface area contributed by atoms with Crippen molar-refractivity contribution in [1.82, 2.24) is 9.78 Å². The fraction of sp³-hybridized carbons (Fsp3) is 0.182. The van der Waals surface area contributed by atoms with Crippen molar-refractivity contribution in [3.63, 3.8) is 0 Å². The summed E-state index contributed by atoms with van der Waals surface area (Å²) in [6, 6.07) is 12.0. The van der Waals surface area contributed by atoms with Gasteiger partial charge in [-0.3, -0.25) is 0 Å². The molecule has 0 fully saturated rings. The highest BCUT2D eigenvalue weighted by atomic mass is 15.4. The van der Waals surface area contributed by atoms with Crippen LogP contribution in [0.1, 0.15) is 0 Å². The standard InChI is InChI=1S/C11H14N4/c1-12-10-8-11(13-2)15(14-10)9-6-4-3-5-7-9/h3-8,13H,1-2H3,(H,12,14). The second-order valence-electron chi connectivity index (χ2n) is 3.16. The second kappa shape index (κ2) is 4.04. The number of rotatable bonds is 3. The lowest BCUT2D eigenvalue weighted by molar-refractivity contribution is 0.888. The highest BCUT2D eigenvalue weighted by molar-refractivity contribution is 5.53. The van der Waals surface area contributed by atoms with Crippen LogP contribution in [0.3, 0.4) is 0 Å². The predicted molar refractivity (Wildman–Crippen MR) is 62.7 cm³/mol. The van der Waals surface area contributed by atoms with Crippen LogP contribution in [0.15, 0.2) is 36.4 Å². The van der Waals surface area contributed by atoms with Crippen molar-refractivity contribution >= 4 is 11.6 Å². The Kier molecular flexibility index (Phi) is 2.58. The number of hydrogen-bond donors (Lipinski definition) is 2. The van der Waals surface area contributed by atoms with Crippen LogP contribution in [0.5, 0.6) is 0 Å². The van der Waals surface area contributed by atoms with Crippen molar-refractivity contribution in [3.8, 4) is 5.69 Å². The summed E-state index contributed by atoms with van der Waals surface area (Å²) in [5, 5.41) is 10.5. The Balaban J connectivity index is 2.47. The maximum absolute atomic E-state index is 4.41. The fourth-order valence-corrected chi connectivity index (χ4v) is 1.45. The van der Waals surface area contributed by atoms with Gasteiger partial charge in [-0.25, -0.2) is 4.68 Å². The van der Waals surface area contributed by atoms with E-state index in [9.17, 15) is 0 Å². The average Bonchev–Trinajstić information content (AvgIpc) is 2.73. The SMILES string of the molecule is CNc1cc(NC)n(-c2ccccc2)n1. The van der Waals surface area contributed by atoms with E-state index in [1.807, 2.05) is 55.2 Å². The maximum Gasteiger partial charge on any atom is 0.150 e. The smallest absolute Gasteiger partial charge is 0.150 e. The molecule has 2 aromatic rings. The summed E-state index contributed by atoms with van der Waals surface area (Å²) in [7, 11) is 3.74. The van der Waals surface area contributed by atoms with Gasteiger partial charge in [0.25, 0.3) is 0 Å². The van der Waals surface area contributed by atoms with Gasteiger partial charge >= 0.3 is 0 Å². The molecule has 1 aromatic heterocycles. The Morgan fingerprint density at radius 3 is 2.40 bits per heavy atom. The summed E-state index contributed by atoms with van der Waals surface area (Å²) < 4.78 is 1.87. The van der Waals surface area contributed by atoms with Gasteiger partial charge in [0.05, 0.1) is 5.69 Å². The molecular weight excluding hydrogens is 188 g/mol. The molecule has 78 valence electrons. The lowest BCUT2D eigenvalue weighted by atomic mass is 10.3. The Bertz CT molecular complexity index is 433. The van der Waals surface area contributed by atoms with Gasteiger partial charge in [-0.1, -0.05) is 18.2 Å². The minimum Gasteiger partial charge on any atom is -0.373 e. The highest BCUT2D eigenvalue weighted by Gasteiger charge is 2.06. The van der Waals surface area contributed by atoms with Gasteiger partial charge in [0.1, 0.15) is 11.6 Å². The van der Waals surface area contributed by atoms with E-state index in [-0.39, 0.29) is 0 Å². The van der Waals surface area contributed by atoms with E-state index < -0.39 is 0 Å². The van der Waals surface area contributed by atoms with Gasteiger partial charge in [0, 0.05) is 20.2 Å². The molecule has 4 heteroatoms. The molecule has 2 N–H and O–H groups in total. The quantitative estimate of drug-likeness (QED) is 0.799. The van der Waals surface area contributed by atoms with Crippen LogP contribution >= 0.6 is 0 Å². The zero-order valence-corrected chi connectivity index (χ0v) is 8.86. The second-order valence-corrected chi connectivity index (χ2v) is 3.16. The molecule has 0 bridgehead atoms. The van der Waals surface area contributed by atoms with E-state index in [2.05, 4.69) is 15.7 Å². The van der Waals surface area contributed by atoms with Crippen molar-refractivity contribution < 1.29 is 0 Å². The Labute approximate surface area is 88.9 Å². The van der Waals surface area contributed by atoms with E-state index in [0.29, 0.717) is 0 Å². The molecule has 0 amide bonds. The summed E-state index contributed by atoms with van der Waals surface area (Å²) in [6.45, 7) is 0. The summed E-state index contributed by atoms with van der Waals surface area (Å²) >= 11 is 0. The van der Waals surface area contributed by atoms with Crippen molar-refractivity contribution in [2.75, 3.05) is 24.7 Å². The van der Waals surface area contributed by atoms with Crippen molar-refractivity contribution in [1.29, 1.82) is 0 Å². The van der Waals surface area contributed by atoms with E-state index in [1.165, 1.54) is 0 Å². The third-order valence-electron chi connectivity index (χ3n) is 2.22. The third-order valence-corrected chi connectivity index (χ3v) is 2.22. The van der Waals surface area contributed by atoms with Gasteiger partial charge in [-0.05, 0) is 12.1 Å². The van der Waals surface area contributed by atoms with Crippen LogP contribution in [0.25, 0.3) is 5.69 Å². The molecular formula is C11H14N4. The zero-order valence-electron chi connectivity index (χ0n) is 8.86. The van der Waals surface area contributed by atoms with Crippen molar-refractivity contribution in [2.24, 2.45) is 0 Å². The summed E-state index contributed by atoms with van der Waals surface area (Å²) in [5.74, 6) is 1.81. The van der Waals surface area contributed by atoms with Gasteiger partial charge in [-0.15, -0.1) is 5.10 Å². The number of nitrogens with one attached hydrogen (secondary N) is 2. The number of anilines is 2. The summed E-state index contributed by atoms with van der Waals surface area (Å²) in [6.07, 6.45) is 0. The molecule has 1 aromatic carbocycles. The molecule has 15 heavy (non-hydrogen) atoms. The molecule has 0 aliphatic carbocycles. The van der Waals surface area contributed by atoms with Crippen LogP contribution in [0, 0.1) is 0 Å². The minimum absolute atomic E-state index is 0.850. The van der Waals surface area contributed by atoms with Crippen molar-refractivity contribution in [2.45, 2.75) is 0 Å².